The van der Waals surface area contributed by atoms with Gasteiger partial charge < -0.3 is 5.11 Å². The van der Waals surface area contributed by atoms with E-state index in [0.29, 0.717) is 5.02 Å². The summed E-state index contributed by atoms with van der Waals surface area (Å²) in [5.41, 5.74) is -3.35. The summed E-state index contributed by atoms with van der Waals surface area (Å²) in [7, 11) is 0. The van der Waals surface area contributed by atoms with Crippen LogP contribution in [-0.4, -0.2) is 34.1 Å². The number of hydrogen-bond acceptors (Lipinski definition) is 3. The molecule has 0 bridgehead atoms. The quantitative estimate of drug-likeness (QED) is 0.864. The number of alkyl halides is 3. The Hall–Kier alpha value is -1.60. The lowest BCUT2D eigenvalue weighted by molar-refractivity contribution is -0.297. The molecule has 0 spiro atoms. The third-order valence-corrected chi connectivity index (χ3v) is 2.91. The maximum atomic E-state index is 12.8. The van der Waals surface area contributed by atoms with E-state index in [0.717, 1.165) is 6.21 Å². The van der Waals surface area contributed by atoms with Gasteiger partial charge in [-0.3, -0.25) is 4.79 Å². The average molecular weight is 293 g/mol. The molecule has 1 N–H and O–H groups in total. The molecule has 0 saturated heterocycles. The van der Waals surface area contributed by atoms with E-state index < -0.39 is 24.2 Å². The highest BCUT2D eigenvalue weighted by Gasteiger charge is 2.61. The second kappa shape index (κ2) is 4.50. The predicted octanol–water partition coefficient (Wildman–Crippen LogP) is 2.42. The van der Waals surface area contributed by atoms with E-state index in [9.17, 15) is 23.1 Å². The fourth-order valence-electron chi connectivity index (χ4n) is 1.60. The first-order chi connectivity index (χ1) is 8.75. The summed E-state index contributed by atoms with van der Waals surface area (Å²) in [5.74, 6) is -1.05. The van der Waals surface area contributed by atoms with Crippen molar-refractivity contribution in [3.8, 4) is 0 Å². The lowest BCUT2D eigenvalue weighted by Gasteiger charge is -2.32. The van der Waals surface area contributed by atoms with Crippen LogP contribution in [0.4, 0.5) is 13.2 Å². The van der Waals surface area contributed by atoms with Crippen molar-refractivity contribution in [2.75, 3.05) is 0 Å². The van der Waals surface area contributed by atoms with E-state index in [1.165, 1.54) is 24.3 Å². The zero-order chi connectivity index (χ0) is 14.3. The number of carbonyl (C=O) groups is 1. The Morgan fingerprint density at radius 1 is 1.37 bits per heavy atom. The van der Waals surface area contributed by atoms with Crippen LogP contribution >= 0.6 is 11.6 Å². The molecule has 0 saturated carbocycles. The minimum Gasteiger partial charge on any atom is -0.362 e. The molecular weight excluding hydrogens is 285 g/mol. The van der Waals surface area contributed by atoms with Crippen LogP contribution < -0.4 is 0 Å². The van der Waals surface area contributed by atoms with Crippen molar-refractivity contribution in [2.45, 2.75) is 18.3 Å². The topological polar surface area (TPSA) is 52.9 Å². The van der Waals surface area contributed by atoms with E-state index in [1.807, 2.05) is 0 Å². The summed E-state index contributed by atoms with van der Waals surface area (Å²) >= 11 is 5.62. The Labute approximate surface area is 111 Å². The predicted molar refractivity (Wildman–Crippen MR) is 61.7 cm³/mol. The molecular formula is C11H8ClF3N2O2. The van der Waals surface area contributed by atoms with Crippen LogP contribution in [0.1, 0.15) is 16.8 Å². The van der Waals surface area contributed by atoms with E-state index >= 15 is 0 Å². The normalized spacial score (nSPS) is 22.9. The third kappa shape index (κ3) is 2.31. The Morgan fingerprint density at radius 2 is 1.95 bits per heavy atom. The summed E-state index contributed by atoms with van der Waals surface area (Å²) in [4.78, 5) is 11.9. The molecule has 0 radical (unpaired) electrons. The zero-order valence-corrected chi connectivity index (χ0v) is 10.1. The van der Waals surface area contributed by atoms with Crippen molar-refractivity contribution < 1.29 is 23.1 Å². The maximum Gasteiger partial charge on any atom is 0.438 e. The molecule has 1 aliphatic heterocycles. The first-order valence-electron chi connectivity index (χ1n) is 5.17. The highest BCUT2D eigenvalue weighted by atomic mass is 35.5. The molecule has 0 unspecified atom stereocenters. The average Bonchev–Trinajstić information content (AvgIpc) is 2.72. The fraction of sp³-hybridized carbons (Fsp3) is 0.273. The van der Waals surface area contributed by atoms with Gasteiger partial charge in [0, 0.05) is 23.2 Å². The summed E-state index contributed by atoms with van der Waals surface area (Å²) in [5, 5.41) is 13.3. The van der Waals surface area contributed by atoms with Gasteiger partial charge in [0.2, 0.25) is 0 Å². The van der Waals surface area contributed by atoms with Crippen LogP contribution in [0.2, 0.25) is 5.02 Å². The minimum atomic E-state index is -4.99. The molecule has 1 aliphatic rings. The van der Waals surface area contributed by atoms with Gasteiger partial charge in [-0.1, -0.05) is 11.6 Å². The molecule has 0 fully saturated rings. The van der Waals surface area contributed by atoms with E-state index in [2.05, 4.69) is 5.10 Å². The number of rotatable bonds is 1. The smallest absolute Gasteiger partial charge is 0.362 e. The van der Waals surface area contributed by atoms with Crippen molar-refractivity contribution >= 4 is 23.7 Å². The molecule has 1 aromatic rings. The molecule has 0 aliphatic carbocycles. The summed E-state index contributed by atoms with van der Waals surface area (Å²) < 4.78 is 38.4. The number of benzene rings is 1. The van der Waals surface area contributed by atoms with Gasteiger partial charge in [0.05, 0.1) is 0 Å². The van der Waals surface area contributed by atoms with Crippen molar-refractivity contribution in [2.24, 2.45) is 5.10 Å². The molecule has 1 atom stereocenters. The van der Waals surface area contributed by atoms with Crippen LogP contribution in [0.5, 0.6) is 0 Å². The fourth-order valence-corrected chi connectivity index (χ4v) is 1.73. The van der Waals surface area contributed by atoms with Gasteiger partial charge in [0.15, 0.2) is 0 Å². The largest absolute Gasteiger partial charge is 0.438 e. The maximum absolute atomic E-state index is 12.8. The zero-order valence-electron chi connectivity index (χ0n) is 9.36. The standard InChI is InChI=1S/C11H8ClF3N2O2/c12-8-3-1-7(2-4-8)9(18)17-10(19,5-6-16-17)11(13,14)15/h1-4,6,19H,5H2/t10-/m0/s1. The van der Waals surface area contributed by atoms with E-state index in [-0.39, 0.29) is 10.6 Å². The van der Waals surface area contributed by atoms with Crippen LogP contribution in [0, 0.1) is 0 Å². The van der Waals surface area contributed by atoms with Gasteiger partial charge in [-0.15, -0.1) is 0 Å². The second-order valence-corrected chi connectivity index (χ2v) is 4.38. The Kier molecular flexibility index (Phi) is 3.27. The monoisotopic (exact) mass is 292 g/mol. The van der Waals surface area contributed by atoms with Crippen molar-refractivity contribution in [1.29, 1.82) is 0 Å². The molecule has 102 valence electrons. The summed E-state index contributed by atoms with van der Waals surface area (Å²) in [6.07, 6.45) is -4.94. The van der Waals surface area contributed by atoms with Gasteiger partial charge in [-0.25, -0.2) is 0 Å². The van der Waals surface area contributed by atoms with Gasteiger partial charge in [0.25, 0.3) is 11.6 Å². The third-order valence-electron chi connectivity index (χ3n) is 2.66. The van der Waals surface area contributed by atoms with Gasteiger partial charge in [0.1, 0.15) is 0 Å². The summed E-state index contributed by atoms with van der Waals surface area (Å²) in [6.45, 7) is 0. The minimum absolute atomic E-state index is 0.0379. The van der Waals surface area contributed by atoms with Gasteiger partial charge in [-0.05, 0) is 24.3 Å². The Balaban J connectivity index is 2.33. The lowest BCUT2D eigenvalue weighted by atomic mass is 10.1. The molecule has 2 rings (SSSR count). The molecule has 1 aromatic carbocycles. The highest BCUT2D eigenvalue weighted by Crippen LogP contribution is 2.39. The number of aliphatic hydroxyl groups is 1. The lowest BCUT2D eigenvalue weighted by Crippen LogP contribution is -2.56. The molecule has 4 nitrogen and oxygen atoms in total. The first-order valence-corrected chi connectivity index (χ1v) is 5.55. The number of halogens is 4. The van der Waals surface area contributed by atoms with Crippen molar-refractivity contribution in [3.05, 3.63) is 34.9 Å². The molecule has 8 heteroatoms. The van der Waals surface area contributed by atoms with Gasteiger partial charge in [-0.2, -0.15) is 23.3 Å². The summed E-state index contributed by atoms with van der Waals surface area (Å²) in [6, 6.07) is 5.24. The van der Waals surface area contributed by atoms with Crippen LogP contribution in [-0.2, 0) is 0 Å². The highest BCUT2D eigenvalue weighted by molar-refractivity contribution is 6.30. The first kappa shape index (κ1) is 13.8. The van der Waals surface area contributed by atoms with Crippen LogP contribution in [0.3, 0.4) is 0 Å². The number of hydrogen-bond donors (Lipinski definition) is 1. The Bertz CT molecular complexity index is 530. The molecule has 1 amide bonds. The molecule has 0 aromatic heterocycles. The van der Waals surface area contributed by atoms with Crippen molar-refractivity contribution in [1.82, 2.24) is 5.01 Å². The van der Waals surface area contributed by atoms with Crippen molar-refractivity contribution in [3.63, 3.8) is 0 Å². The SMILES string of the molecule is O=C(c1ccc(Cl)cc1)N1N=CC[C@]1(O)C(F)(F)F. The van der Waals surface area contributed by atoms with Gasteiger partial charge >= 0.3 is 6.18 Å². The van der Waals surface area contributed by atoms with E-state index in [1.54, 1.807) is 0 Å². The van der Waals surface area contributed by atoms with E-state index in [4.69, 9.17) is 11.6 Å². The van der Waals surface area contributed by atoms with Crippen LogP contribution in [0.25, 0.3) is 0 Å². The number of carbonyl (C=O) groups excluding carboxylic acids is 1. The number of hydrazone groups is 1. The second-order valence-electron chi connectivity index (χ2n) is 3.94. The molecule has 19 heavy (non-hydrogen) atoms. The van der Waals surface area contributed by atoms with Crippen LogP contribution in [0.15, 0.2) is 29.4 Å². The number of nitrogens with zero attached hydrogens (tertiary/aromatic N) is 2. The molecule has 1 heterocycles. The number of amides is 1. The Morgan fingerprint density at radius 3 is 2.47 bits per heavy atom.